The van der Waals surface area contributed by atoms with E-state index in [1.165, 1.54) is 18.2 Å². The molecule has 4 rings (SSSR count). The van der Waals surface area contributed by atoms with E-state index in [1.807, 2.05) is 6.07 Å². The molecule has 3 amide bonds. The van der Waals surface area contributed by atoms with Crippen molar-refractivity contribution in [3.8, 4) is 0 Å². The van der Waals surface area contributed by atoms with Gasteiger partial charge in [-0.25, -0.2) is 14.2 Å². The number of fused-ring (bicyclic) bond motifs is 1. The lowest BCUT2D eigenvalue weighted by Gasteiger charge is -2.18. The number of aromatic nitrogens is 1. The zero-order chi connectivity index (χ0) is 19.0. The Morgan fingerprint density at radius 1 is 1.33 bits per heavy atom. The molecular formula is C18H14ClFN4O3. The second-order valence-corrected chi connectivity index (χ2v) is 6.45. The first-order valence-electron chi connectivity index (χ1n) is 8.16. The van der Waals surface area contributed by atoms with Crippen LogP contribution in [0.1, 0.15) is 17.5 Å². The maximum Gasteiger partial charge on any atom is 0.315 e. The molecule has 1 aliphatic rings. The molecule has 138 valence electrons. The fraction of sp³-hybridized carbons (Fsp3) is 0.167. The molecule has 1 saturated heterocycles. The summed E-state index contributed by atoms with van der Waals surface area (Å²) in [6.45, 7) is 0.162. The van der Waals surface area contributed by atoms with Crippen molar-refractivity contribution in [1.29, 1.82) is 0 Å². The third-order valence-corrected chi connectivity index (χ3v) is 4.50. The summed E-state index contributed by atoms with van der Waals surface area (Å²) < 4.78 is 19.3. The van der Waals surface area contributed by atoms with Crippen LogP contribution in [-0.2, 0) is 4.79 Å². The van der Waals surface area contributed by atoms with Gasteiger partial charge < -0.3 is 20.4 Å². The van der Waals surface area contributed by atoms with Crippen molar-refractivity contribution in [2.75, 3.05) is 6.54 Å². The van der Waals surface area contributed by atoms with Crippen LogP contribution in [0.5, 0.6) is 0 Å². The van der Waals surface area contributed by atoms with Crippen molar-refractivity contribution in [2.45, 2.75) is 12.1 Å². The molecule has 2 atom stereocenters. The minimum Gasteiger partial charge on any atom is -0.438 e. The molecule has 0 saturated carbocycles. The Kier molecular flexibility index (Phi) is 4.41. The average molecular weight is 389 g/mol. The standard InChI is InChI=1S/C18H14ClFN4O3/c19-10-7-9(5-6-11(10)20)15(24-16(25)13-8-21-18(26)23-13)17-22-12-3-1-2-4-14(12)27-17/h1-7,13,15H,8H2,(H,24,25)(H2,21,23,26)/t13?,15-/m1/s1. The first-order valence-corrected chi connectivity index (χ1v) is 8.54. The van der Waals surface area contributed by atoms with Crippen LogP contribution < -0.4 is 16.0 Å². The Morgan fingerprint density at radius 3 is 2.85 bits per heavy atom. The van der Waals surface area contributed by atoms with Crippen LogP contribution >= 0.6 is 11.6 Å². The summed E-state index contributed by atoms with van der Waals surface area (Å²) in [4.78, 5) is 28.3. The first-order chi connectivity index (χ1) is 13.0. The molecule has 0 spiro atoms. The van der Waals surface area contributed by atoms with Crippen LogP contribution in [0.2, 0.25) is 5.02 Å². The summed E-state index contributed by atoms with van der Waals surface area (Å²) in [5.41, 5.74) is 1.67. The van der Waals surface area contributed by atoms with Crippen molar-refractivity contribution in [3.05, 3.63) is 64.8 Å². The number of halogens is 2. The number of nitrogens with one attached hydrogen (secondary N) is 3. The molecule has 3 aromatic rings. The number of benzene rings is 2. The van der Waals surface area contributed by atoms with Gasteiger partial charge in [-0.1, -0.05) is 29.8 Å². The smallest absolute Gasteiger partial charge is 0.315 e. The molecule has 1 aromatic heterocycles. The van der Waals surface area contributed by atoms with Crippen LogP contribution in [0.4, 0.5) is 9.18 Å². The number of nitrogens with zero attached hydrogens (tertiary/aromatic N) is 1. The maximum atomic E-state index is 13.6. The largest absolute Gasteiger partial charge is 0.438 e. The SMILES string of the molecule is O=C1NCC(C(=O)N[C@H](c2ccc(F)c(Cl)c2)c2nc3ccccc3o2)N1. The van der Waals surface area contributed by atoms with Gasteiger partial charge in [0.05, 0.1) is 5.02 Å². The number of carbonyl (C=O) groups is 2. The van der Waals surface area contributed by atoms with E-state index in [-0.39, 0.29) is 17.5 Å². The average Bonchev–Trinajstić information content (AvgIpc) is 3.28. The highest BCUT2D eigenvalue weighted by atomic mass is 35.5. The number of carbonyl (C=O) groups excluding carboxylic acids is 2. The van der Waals surface area contributed by atoms with E-state index >= 15 is 0 Å². The second-order valence-electron chi connectivity index (χ2n) is 6.04. The third kappa shape index (κ3) is 3.43. The van der Waals surface area contributed by atoms with Gasteiger partial charge in [0.15, 0.2) is 5.58 Å². The number of hydrogen-bond acceptors (Lipinski definition) is 4. The monoisotopic (exact) mass is 388 g/mol. The Labute approximate surface area is 157 Å². The van der Waals surface area contributed by atoms with Gasteiger partial charge in [0.25, 0.3) is 0 Å². The lowest BCUT2D eigenvalue weighted by Crippen LogP contribution is -2.44. The summed E-state index contributed by atoms with van der Waals surface area (Å²) in [6, 6.07) is 9.30. The summed E-state index contributed by atoms with van der Waals surface area (Å²) in [6.07, 6.45) is 0. The molecule has 0 aliphatic carbocycles. The van der Waals surface area contributed by atoms with Crippen LogP contribution in [-0.4, -0.2) is 29.5 Å². The Hall–Kier alpha value is -3.13. The molecular weight excluding hydrogens is 375 g/mol. The molecule has 1 fully saturated rings. The van der Waals surface area contributed by atoms with Crippen LogP contribution in [0.3, 0.4) is 0 Å². The lowest BCUT2D eigenvalue weighted by molar-refractivity contribution is -0.123. The quantitative estimate of drug-likeness (QED) is 0.639. The van der Waals surface area contributed by atoms with E-state index in [0.717, 1.165) is 0 Å². The Bertz CT molecular complexity index is 1010. The predicted octanol–water partition coefficient (Wildman–Crippen LogP) is 2.51. The Morgan fingerprint density at radius 2 is 2.15 bits per heavy atom. The van der Waals surface area contributed by atoms with Gasteiger partial charge >= 0.3 is 6.03 Å². The third-order valence-electron chi connectivity index (χ3n) is 4.21. The molecule has 1 aliphatic heterocycles. The molecule has 2 heterocycles. The highest BCUT2D eigenvalue weighted by Gasteiger charge is 2.31. The van der Waals surface area contributed by atoms with Crippen molar-refractivity contribution in [1.82, 2.24) is 20.9 Å². The van der Waals surface area contributed by atoms with E-state index in [4.69, 9.17) is 16.0 Å². The van der Waals surface area contributed by atoms with E-state index in [1.54, 1.807) is 18.2 Å². The maximum absolute atomic E-state index is 13.6. The van der Waals surface area contributed by atoms with Crippen molar-refractivity contribution in [3.63, 3.8) is 0 Å². The fourth-order valence-electron chi connectivity index (χ4n) is 2.85. The zero-order valence-electron chi connectivity index (χ0n) is 13.8. The fourth-order valence-corrected chi connectivity index (χ4v) is 3.04. The number of para-hydroxylation sites is 2. The summed E-state index contributed by atoms with van der Waals surface area (Å²) in [7, 11) is 0. The number of amides is 3. The summed E-state index contributed by atoms with van der Waals surface area (Å²) in [5.74, 6) is -0.777. The van der Waals surface area contributed by atoms with E-state index in [0.29, 0.717) is 16.7 Å². The van der Waals surface area contributed by atoms with E-state index < -0.39 is 29.8 Å². The minimum atomic E-state index is -0.805. The molecule has 7 nitrogen and oxygen atoms in total. The minimum absolute atomic E-state index is 0.0845. The molecule has 3 N–H and O–H groups in total. The van der Waals surface area contributed by atoms with Crippen LogP contribution in [0.25, 0.3) is 11.1 Å². The van der Waals surface area contributed by atoms with Gasteiger partial charge in [-0.3, -0.25) is 4.79 Å². The van der Waals surface area contributed by atoms with Gasteiger partial charge in [-0.05, 0) is 29.8 Å². The number of urea groups is 1. The highest BCUT2D eigenvalue weighted by molar-refractivity contribution is 6.30. The first kappa shape index (κ1) is 17.3. The van der Waals surface area contributed by atoms with E-state index in [2.05, 4.69) is 20.9 Å². The number of hydrogen-bond donors (Lipinski definition) is 3. The molecule has 1 unspecified atom stereocenters. The van der Waals surface area contributed by atoms with Gasteiger partial charge in [-0.15, -0.1) is 0 Å². The Balaban J connectivity index is 1.71. The summed E-state index contributed by atoms with van der Waals surface area (Å²) in [5, 5.41) is 7.73. The number of rotatable bonds is 4. The zero-order valence-corrected chi connectivity index (χ0v) is 14.6. The van der Waals surface area contributed by atoms with Gasteiger partial charge in [0.1, 0.15) is 23.4 Å². The van der Waals surface area contributed by atoms with Crippen molar-refractivity contribution >= 4 is 34.6 Å². The predicted molar refractivity (Wildman–Crippen MR) is 95.7 cm³/mol. The topological polar surface area (TPSA) is 96.3 Å². The lowest BCUT2D eigenvalue weighted by atomic mass is 10.1. The van der Waals surface area contributed by atoms with Gasteiger partial charge in [-0.2, -0.15) is 0 Å². The van der Waals surface area contributed by atoms with Gasteiger partial charge in [0.2, 0.25) is 11.8 Å². The highest BCUT2D eigenvalue weighted by Crippen LogP contribution is 2.28. The van der Waals surface area contributed by atoms with Crippen LogP contribution in [0.15, 0.2) is 46.9 Å². The van der Waals surface area contributed by atoms with Crippen molar-refractivity contribution in [2.24, 2.45) is 0 Å². The molecule has 0 radical (unpaired) electrons. The molecule has 9 heteroatoms. The van der Waals surface area contributed by atoms with Crippen molar-refractivity contribution < 1.29 is 18.4 Å². The normalized spacial score (nSPS) is 17.4. The number of oxazole rings is 1. The molecule has 2 aromatic carbocycles. The molecule has 27 heavy (non-hydrogen) atoms. The van der Waals surface area contributed by atoms with Gasteiger partial charge in [0, 0.05) is 6.54 Å². The second kappa shape index (κ2) is 6.88. The van der Waals surface area contributed by atoms with Crippen LogP contribution in [0, 0.1) is 5.82 Å². The molecule has 0 bridgehead atoms. The summed E-state index contributed by atoms with van der Waals surface area (Å²) >= 11 is 5.90. The van der Waals surface area contributed by atoms with E-state index in [9.17, 15) is 14.0 Å².